The molecule has 0 radical (unpaired) electrons. The number of benzene rings is 1. The number of rotatable bonds is 11. The van der Waals surface area contributed by atoms with Crippen LogP contribution in [0.15, 0.2) is 35.3 Å². The maximum Gasteiger partial charge on any atom is 0.191 e. The van der Waals surface area contributed by atoms with Crippen molar-refractivity contribution < 1.29 is 9.47 Å². The van der Waals surface area contributed by atoms with Crippen molar-refractivity contribution in [1.29, 1.82) is 0 Å². The SMILES string of the molecule is CCNC(=NCC(Cc1ccccc1)N(C)C)NCCCOC1CCOC1.I. The lowest BCUT2D eigenvalue weighted by Crippen LogP contribution is -2.40. The molecule has 2 N–H and O–H groups in total. The molecule has 160 valence electrons. The summed E-state index contributed by atoms with van der Waals surface area (Å²) in [5.41, 5.74) is 1.34. The lowest BCUT2D eigenvalue weighted by Gasteiger charge is -2.23. The van der Waals surface area contributed by atoms with Gasteiger partial charge in [-0.2, -0.15) is 0 Å². The highest BCUT2D eigenvalue weighted by Crippen LogP contribution is 2.08. The van der Waals surface area contributed by atoms with Crippen molar-refractivity contribution >= 4 is 29.9 Å². The van der Waals surface area contributed by atoms with Crippen LogP contribution in [0.2, 0.25) is 0 Å². The molecule has 1 heterocycles. The van der Waals surface area contributed by atoms with Crippen LogP contribution >= 0.6 is 24.0 Å². The molecule has 0 bridgehead atoms. The fraction of sp³-hybridized carbons (Fsp3) is 0.667. The molecule has 7 heteroatoms. The van der Waals surface area contributed by atoms with Gasteiger partial charge in [0, 0.05) is 32.3 Å². The average Bonchev–Trinajstić information content (AvgIpc) is 3.18. The van der Waals surface area contributed by atoms with Gasteiger partial charge < -0.3 is 25.0 Å². The van der Waals surface area contributed by atoms with E-state index in [2.05, 4.69) is 66.9 Å². The van der Waals surface area contributed by atoms with Gasteiger partial charge in [0.25, 0.3) is 0 Å². The average molecular weight is 504 g/mol. The second-order valence-corrected chi connectivity index (χ2v) is 7.16. The molecule has 2 unspecified atom stereocenters. The van der Waals surface area contributed by atoms with Gasteiger partial charge in [-0.15, -0.1) is 24.0 Å². The van der Waals surface area contributed by atoms with E-state index in [0.717, 1.165) is 64.7 Å². The van der Waals surface area contributed by atoms with E-state index in [9.17, 15) is 0 Å². The van der Waals surface area contributed by atoms with Crippen molar-refractivity contribution in [2.45, 2.75) is 38.3 Å². The Labute approximate surface area is 187 Å². The van der Waals surface area contributed by atoms with Crippen LogP contribution in [-0.2, 0) is 15.9 Å². The molecule has 2 rings (SSSR count). The number of nitrogens with one attached hydrogen (secondary N) is 2. The summed E-state index contributed by atoms with van der Waals surface area (Å²) in [6, 6.07) is 11.0. The van der Waals surface area contributed by atoms with Gasteiger partial charge in [0.1, 0.15) is 0 Å². The molecule has 1 saturated heterocycles. The van der Waals surface area contributed by atoms with Crippen LogP contribution in [0.1, 0.15) is 25.3 Å². The zero-order chi connectivity index (χ0) is 19.3. The zero-order valence-electron chi connectivity index (χ0n) is 17.5. The summed E-state index contributed by atoms with van der Waals surface area (Å²) in [6.45, 7) is 6.88. The van der Waals surface area contributed by atoms with Gasteiger partial charge in [-0.05, 0) is 45.8 Å². The minimum absolute atomic E-state index is 0. The first-order valence-corrected chi connectivity index (χ1v) is 10.1. The molecule has 1 aliphatic rings. The molecule has 2 atom stereocenters. The van der Waals surface area contributed by atoms with E-state index < -0.39 is 0 Å². The third-order valence-electron chi connectivity index (χ3n) is 4.70. The van der Waals surface area contributed by atoms with Crippen LogP contribution in [0.25, 0.3) is 0 Å². The number of nitrogens with zero attached hydrogens (tertiary/aromatic N) is 2. The largest absolute Gasteiger partial charge is 0.379 e. The lowest BCUT2D eigenvalue weighted by molar-refractivity contribution is 0.0420. The first-order valence-electron chi connectivity index (χ1n) is 10.1. The van der Waals surface area contributed by atoms with Crippen molar-refractivity contribution in [1.82, 2.24) is 15.5 Å². The van der Waals surface area contributed by atoms with Crippen molar-refractivity contribution in [2.24, 2.45) is 4.99 Å². The third-order valence-corrected chi connectivity index (χ3v) is 4.70. The van der Waals surface area contributed by atoms with Gasteiger partial charge in [-0.25, -0.2) is 0 Å². The molecule has 1 aliphatic heterocycles. The summed E-state index contributed by atoms with van der Waals surface area (Å²) >= 11 is 0. The lowest BCUT2D eigenvalue weighted by atomic mass is 10.1. The second-order valence-electron chi connectivity index (χ2n) is 7.16. The van der Waals surface area contributed by atoms with Crippen molar-refractivity contribution in [2.75, 3.05) is 53.6 Å². The van der Waals surface area contributed by atoms with E-state index in [0.29, 0.717) is 6.04 Å². The fourth-order valence-electron chi connectivity index (χ4n) is 3.01. The number of aliphatic imine (C=N–C) groups is 1. The molecule has 0 aromatic heterocycles. The molecule has 0 saturated carbocycles. The number of halogens is 1. The van der Waals surface area contributed by atoms with Crippen LogP contribution in [0, 0.1) is 0 Å². The Kier molecular flexibility index (Phi) is 13.5. The predicted octanol–water partition coefficient (Wildman–Crippen LogP) is 2.53. The van der Waals surface area contributed by atoms with Gasteiger partial charge in [0.2, 0.25) is 0 Å². The summed E-state index contributed by atoms with van der Waals surface area (Å²) in [5.74, 6) is 0.876. The molecule has 1 aromatic rings. The molecule has 28 heavy (non-hydrogen) atoms. The number of likely N-dealkylation sites (N-methyl/N-ethyl adjacent to an activating group) is 1. The molecule has 1 fully saturated rings. The highest BCUT2D eigenvalue weighted by Gasteiger charge is 2.15. The van der Waals surface area contributed by atoms with E-state index in [1.165, 1.54) is 5.56 Å². The maximum absolute atomic E-state index is 5.81. The molecule has 6 nitrogen and oxygen atoms in total. The molecule has 1 aromatic carbocycles. The van der Waals surface area contributed by atoms with Gasteiger partial charge >= 0.3 is 0 Å². The van der Waals surface area contributed by atoms with E-state index in [1.807, 2.05) is 0 Å². The van der Waals surface area contributed by atoms with E-state index in [1.54, 1.807) is 0 Å². The Bertz CT molecular complexity index is 536. The molecular formula is C21H37IN4O2. The highest BCUT2D eigenvalue weighted by atomic mass is 127. The van der Waals surface area contributed by atoms with Gasteiger partial charge in [-0.3, -0.25) is 4.99 Å². The molecule has 0 amide bonds. The van der Waals surface area contributed by atoms with E-state index in [4.69, 9.17) is 14.5 Å². The topological polar surface area (TPSA) is 58.1 Å². The van der Waals surface area contributed by atoms with Gasteiger partial charge in [0.05, 0.1) is 19.3 Å². The summed E-state index contributed by atoms with van der Waals surface area (Å²) in [7, 11) is 4.24. The van der Waals surface area contributed by atoms with Crippen molar-refractivity contribution in [3.8, 4) is 0 Å². The quantitative estimate of drug-likeness (QED) is 0.210. The summed E-state index contributed by atoms with van der Waals surface area (Å²) in [5, 5.41) is 6.75. The Morgan fingerprint density at radius 2 is 2.07 bits per heavy atom. The first-order chi connectivity index (χ1) is 13.2. The maximum atomic E-state index is 5.81. The second kappa shape index (κ2) is 15.0. The highest BCUT2D eigenvalue weighted by molar-refractivity contribution is 14.0. The first kappa shape index (κ1) is 25.1. The molecular weight excluding hydrogens is 467 g/mol. The van der Waals surface area contributed by atoms with Crippen LogP contribution in [-0.4, -0.2) is 76.6 Å². The Hall–Kier alpha value is -0.900. The Balaban J connectivity index is 0.00000392. The number of ether oxygens (including phenoxy) is 2. The monoisotopic (exact) mass is 504 g/mol. The predicted molar refractivity (Wildman–Crippen MR) is 127 cm³/mol. The minimum atomic E-state index is 0. The van der Waals surface area contributed by atoms with Gasteiger partial charge in [0.15, 0.2) is 5.96 Å². The van der Waals surface area contributed by atoms with Crippen LogP contribution < -0.4 is 10.6 Å². The van der Waals surface area contributed by atoms with Crippen molar-refractivity contribution in [3.63, 3.8) is 0 Å². The third kappa shape index (κ3) is 10.0. The van der Waals surface area contributed by atoms with E-state index in [-0.39, 0.29) is 30.1 Å². The van der Waals surface area contributed by atoms with Crippen LogP contribution in [0.4, 0.5) is 0 Å². The van der Waals surface area contributed by atoms with Crippen LogP contribution in [0.3, 0.4) is 0 Å². The Morgan fingerprint density at radius 1 is 1.29 bits per heavy atom. The Morgan fingerprint density at radius 3 is 2.71 bits per heavy atom. The normalized spacial score (nSPS) is 18.0. The van der Waals surface area contributed by atoms with E-state index >= 15 is 0 Å². The van der Waals surface area contributed by atoms with Crippen molar-refractivity contribution in [3.05, 3.63) is 35.9 Å². The summed E-state index contributed by atoms with van der Waals surface area (Å²) < 4.78 is 11.1. The smallest absolute Gasteiger partial charge is 0.191 e. The zero-order valence-corrected chi connectivity index (χ0v) is 19.9. The summed E-state index contributed by atoms with van der Waals surface area (Å²) in [4.78, 5) is 7.05. The molecule has 0 aliphatic carbocycles. The number of hydrogen-bond acceptors (Lipinski definition) is 4. The van der Waals surface area contributed by atoms with Crippen LogP contribution in [0.5, 0.6) is 0 Å². The summed E-state index contributed by atoms with van der Waals surface area (Å²) in [6.07, 6.45) is 3.26. The standard InChI is InChI=1S/C21H36N4O2.HI/c1-4-22-21(23-12-8-13-27-20-11-14-26-17-20)24-16-19(25(2)3)15-18-9-6-5-7-10-18;/h5-7,9-10,19-20H,4,8,11-17H2,1-3H3,(H2,22,23,24);1H. The number of hydrogen-bond donors (Lipinski definition) is 2. The fourth-order valence-corrected chi connectivity index (χ4v) is 3.01. The number of guanidine groups is 1. The molecule has 0 spiro atoms. The van der Waals surface area contributed by atoms with Gasteiger partial charge in [-0.1, -0.05) is 30.3 Å². The minimum Gasteiger partial charge on any atom is -0.379 e.